The molecule has 0 bridgehead atoms. The molecule has 0 aliphatic heterocycles. The van der Waals surface area contributed by atoms with Crippen molar-refractivity contribution < 1.29 is 20.4 Å². The monoisotopic (exact) mass is 344 g/mol. The van der Waals surface area contributed by atoms with Crippen LogP contribution in [-0.4, -0.2) is 32.0 Å². The van der Waals surface area contributed by atoms with Gasteiger partial charge < -0.3 is 20.4 Å². The predicted octanol–water partition coefficient (Wildman–Crippen LogP) is 3.81. The van der Waals surface area contributed by atoms with Gasteiger partial charge in [0.15, 0.2) is 11.6 Å². The molecule has 0 aromatic carbocycles. The van der Waals surface area contributed by atoms with Crippen LogP contribution in [0.1, 0.15) is 92.9 Å². The third-order valence-electron chi connectivity index (χ3n) is 6.02. The molecule has 2 aliphatic carbocycles. The first-order valence-electron chi connectivity index (χ1n) is 9.52. The Labute approximate surface area is 148 Å². The van der Waals surface area contributed by atoms with E-state index >= 15 is 0 Å². The lowest BCUT2D eigenvalue weighted by atomic mass is 9.71. The van der Waals surface area contributed by atoms with Crippen molar-refractivity contribution in [1.82, 2.24) is 0 Å². The molecule has 144 valence electrons. The van der Waals surface area contributed by atoms with Crippen molar-refractivity contribution in [3.63, 3.8) is 0 Å². The molecule has 2 aliphatic rings. The van der Waals surface area contributed by atoms with Crippen molar-refractivity contribution in [2.45, 2.75) is 104 Å². The van der Waals surface area contributed by atoms with E-state index in [2.05, 4.69) is 41.5 Å². The molecule has 0 aromatic rings. The van der Waals surface area contributed by atoms with E-state index in [1.807, 2.05) is 0 Å². The van der Waals surface area contributed by atoms with Crippen LogP contribution >= 0.6 is 0 Å². The van der Waals surface area contributed by atoms with Crippen LogP contribution in [0.3, 0.4) is 0 Å². The van der Waals surface area contributed by atoms with E-state index in [1.54, 1.807) is 0 Å². The molecule has 0 saturated heterocycles. The van der Waals surface area contributed by atoms with Crippen molar-refractivity contribution in [1.29, 1.82) is 0 Å². The summed E-state index contributed by atoms with van der Waals surface area (Å²) >= 11 is 0. The molecule has 2 rings (SSSR count). The lowest BCUT2D eigenvalue weighted by Gasteiger charge is -2.38. The number of hydrogen-bond donors (Lipinski definition) is 4. The van der Waals surface area contributed by atoms with E-state index in [9.17, 15) is 20.4 Å². The van der Waals surface area contributed by atoms with Crippen molar-refractivity contribution in [3.8, 4) is 0 Å². The molecule has 0 amide bonds. The first-order chi connectivity index (χ1) is 10.6. The van der Waals surface area contributed by atoms with Crippen LogP contribution in [-0.2, 0) is 0 Å². The Bertz CT molecular complexity index is 329. The van der Waals surface area contributed by atoms with E-state index in [1.165, 1.54) is 0 Å². The quantitative estimate of drug-likeness (QED) is 0.504. The summed E-state index contributed by atoms with van der Waals surface area (Å²) in [7, 11) is 0. The summed E-state index contributed by atoms with van der Waals surface area (Å²) in [6.07, 6.45) is 5.91. The first kappa shape index (κ1) is 21.9. The minimum absolute atomic E-state index is 0.316. The van der Waals surface area contributed by atoms with Crippen molar-refractivity contribution in [3.05, 3.63) is 0 Å². The summed E-state index contributed by atoms with van der Waals surface area (Å²) in [5, 5.41) is 37.3. The zero-order valence-corrected chi connectivity index (χ0v) is 16.6. The van der Waals surface area contributed by atoms with Gasteiger partial charge >= 0.3 is 0 Å². The summed E-state index contributed by atoms with van der Waals surface area (Å²) in [5.74, 6) is -1.46. The largest absolute Gasteiger partial charge is 0.366 e. The van der Waals surface area contributed by atoms with Crippen LogP contribution in [0.5, 0.6) is 0 Å². The van der Waals surface area contributed by atoms with Crippen LogP contribution in [0, 0.1) is 22.7 Å². The molecule has 0 heterocycles. The van der Waals surface area contributed by atoms with E-state index in [0.717, 1.165) is 25.7 Å². The summed E-state index contributed by atoms with van der Waals surface area (Å²) in [6, 6.07) is 0. The SMILES string of the molecule is CC(C)(C)C1CCC(O)(O)CC1.CC(C)(C)C1CCC(O)(O)CC1. The molecule has 0 aromatic heterocycles. The zero-order valence-electron chi connectivity index (χ0n) is 16.6. The highest BCUT2D eigenvalue weighted by molar-refractivity contribution is 4.83. The van der Waals surface area contributed by atoms with Gasteiger partial charge in [-0.05, 0) is 48.3 Å². The van der Waals surface area contributed by atoms with Crippen molar-refractivity contribution in [2.75, 3.05) is 0 Å². The summed E-state index contributed by atoms with van der Waals surface area (Å²) in [6.45, 7) is 13.3. The highest BCUT2D eigenvalue weighted by Gasteiger charge is 2.36. The van der Waals surface area contributed by atoms with Gasteiger partial charge in [-0.3, -0.25) is 0 Å². The molecule has 0 unspecified atom stereocenters. The molecule has 2 fully saturated rings. The zero-order chi connectivity index (χ0) is 18.8. The van der Waals surface area contributed by atoms with Crippen molar-refractivity contribution >= 4 is 0 Å². The smallest absolute Gasteiger partial charge is 0.162 e. The maximum atomic E-state index is 9.31. The minimum Gasteiger partial charge on any atom is -0.366 e. The van der Waals surface area contributed by atoms with Gasteiger partial charge in [0.25, 0.3) is 0 Å². The molecule has 4 N–H and O–H groups in total. The molecule has 4 heteroatoms. The Morgan fingerprint density at radius 3 is 0.917 bits per heavy atom. The predicted molar refractivity (Wildman–Crippen MR) is 97.2 cm³/mol. The van der Waals surface area contributed by atoms with Crippen LogP contribution < -0.4 is 0 Å². The normalized spacial score (nSPS) is 25.8. The second kappa shape index (κ2) is 7.61. The van der Waals surface area contributed by atoms with Gasteiger partial charge in [0.1, 0.15) is 0 Å². The highest BCUT2D eigenvalue weighted by atomic mass is 16.5. The number of rotatable bonds is 0. The Kier molecular flexibility index (Phi) is 6.94. The average Bonchev–Trinajstić information content (AvgIpc) is 2.36. The molecule has 24 heavy (non-hydrogen) atoms. The number of aliphatic hydroxyl groups is 4. The van der Waals surface area contributed by atoms with E-state index in [-0.39, 0.29) is 0 Å². The summed E-state index contributed by atoms with van der Waals surface area (Å²) in [5.41, 5.74) is 0.632. The number of hydrogen-bond acceptors (Lipinski definition) is 4. The summed E-state index contributed by atoms with van der Waals surface area (Å²) < 4.78 is 0. The first-order valence-corrected chi connectivity index (χ1v) is 9.52. The van der Waals surface area contributed by atoms with Gasteiger partial charge in [0.2, 0.25) is 0 Å². The van der Waals surface area contributed by atoms with Gasteiger partial charge in [-0.1, -0.05) is 41.5 Å². The molecule has 0 spiro atoms. The summed E-state index contributed by atoms with van der Waals surface area (Å²) in [4.78, 5) is 0. The molecule has 0 radical (unpaired) electrons. The fourth-order valence-corrected chi connectivity index (χ4v) is 3.89. The standard InChI is InChI=1S/2C10H20O2/c2*1-9(2,3)8-4-6-10(11,12)7-5-8/h2*8,11-12H,4-7H2,1-3H3. The van der Waals surface area contributed by atoms with Crippen LogP contribution in [0.15, 0.2) is 0 Å². The van der Waals surface area contributed by atoms with Gasteiger partial charge in [-0.2, -0.15) is 0 Å². The second-order valence-corrected chi connectivity index (χ2v) is 10.2. The van der Waals surface area contributed by atoms with E-state index < -0.39 is 11.6 Å². The second-order valence-electron chi connectivity index (χ2n) is 10.2. The minimum atomic E-state index is -1.37. The van der Waals surface area contributed by atoms with Gasteiger partial charge in [0, 0.05) is 25.7 Å². The Balaban J connectivity index is 0.000000240. The third-order valence-corrected chi connectivity index (χ3v) is 6.02. The van der Waals surface area contributed by atoms with Gasteiger partial charge in [-0.15, -0.1) is 0 Å². The molecule has 4 nitrogen and oxygen atoms in total. The van der Waals surface area contributed by atoms with E-state index in [4.69, 9.17) is 0 Å². The van der Waals surface area contributed by atoms with Gasteiger partial charge in [0.05, 0.1) is 0 Å². The Morgan fingerprint density at radius 1 is 0.542 bits per heavy atom. The molecule has 2 saturated carbocycles. The van der Waals surface area contributed by atoms with Crippen molar-refractivity contribution in [2.24, 2.45) is 22.7 Å². The fourth-order valence-electron chi connectivity index (χ4n) is 3.89. The molecular formula is C20H40O4. The average molecular weight is 345 g/mol. The topological polar surface area (TPSA) is 80.9 Å². The maximum Gasteiger partial charge on any atom is 0.162 e. The highest BCUT2D eigenvalue weighted by Crippen LogP contribution is 2.41. The van der Waals surface area contributed by atoms with Crippen LogP contribution in [0.25, 0.3) is 0 Å². The third kappa shape index (κ3) is 7.38. The van der Waals surface area contributed by atoms with Gasteiger partial charge in [-0.25, -0.2) is 0 Å². The fraction of sp³-hybridized carbons (Fsp3) is 1.00. The molecular weight excluding hydrogens is 304 g/mol. The van der Waals surface area contributed by atoms with Crippen LogP contribution in [0.4, 0.5) is 0 Å². The van der Waals surface area contributed by atoms with E-state index in [0.29, 0.717) is 48.3 Å². The lowest BCUT2D eigenvalue weighted by Crippen LogP contribution is -2.37. The molecule has 0 atom stereocenters. The Morgan fingerprint density at radius 2 is 0.750 bits per heavy atom. The van der Waals surface area contributed by atoms with Crippen LogP contribution in [0.2, 0.25) is 0 Å². The lowest BCUT2D eigenvalue weighted by molar-refractivity contribution is -0.191. The maximum absolute atomic E-state index is 9.31. The Hall–Kier alpha value is -0.160.